The predicted molar refractivity (Wildman–Crippen MR) is 59.6 cm³/mol. The maximum atomic E-state index is 5.18. The van der Waals surface area contributed by atoms with Crippen LogP contribution in [0.4, 0.5) is 0 Å². The Hall–Kier alpha value is -1.50. The Morgan fingerprint density at radius 2 is 2.07 bits per heavy atom. The minimum Gasteiger partial charge on any atom is -0.497 e. The van der Waals surface area contributed by atoms with Gasteiger partial charge in [-0.25, -0.2) is 0 Å². The highest BCUT2D eigenvalue weighted by Crippen LogP contribution is 2.23. The van der Waals surface area contributed by atoms with Crippen LogP contribution in [0.3, 0.4) is 0 Å². The zero-order valence-electron chi connectivity index (χ0n) is 8.29. The summed E-state index contributed by atoms with van der Waals surface area (Å²) in [5, 5.41) is 2.48. The first-order valence-corrected chi connectivity index (χ1v) is 4.70. The molecule has 14 heavy (non-hydrogen) atoms. The van der Waals surface area contributed by atoms with Gasteiger partial charge in [-0.2, -0.15) is 0 Å². The summed E-state index contributed by atoms with van der Waals surface area (Å²) < 4.78 is 5.18. The molecule has 0 unspecified atom stereocenters. The molecule has 0 amide bonds. The quantitative estimate of drug-likeness (QED) is 0.698. The van der Waals surface area contributed by atoms with Gasteiger partial charge in [0.25, 0.3) is 0 Å². The molecule has 0 saturated carbocycles. The first-order chi connectivity index (χ1) is 6.85. The molecule has 0 aliphatic carbocycles. The first-order valence-electron chi connectivity index (χ1n) is 4.70. The van der Waals surface area contributed by atoms with E-state index in [0.717, 1.165) is 12.2 Å². The van der Waals surface area contributed by atoms with Crippen LogP contribution in [0.5, 0.6) is 5.75 Å². The molecule has 71 valence electrons. The monoisotopic (exact) mass is 185 g/mol. The number of fused-ring (bicyclic) bond motifs is 1. The molecule has 2 aromatic carbocycles. The molecule has 0 aliphatic rings. The van der Waals surface area contributed by atoms with Gasteiger partial charge in [-0.05, 0) is 41.8 Å². The van der Waals surface area contributed by atoms with Crippen molar-refractivity contribution in [2.24, 2.45) is 0 Å². The van der Waals surface area contributed by atoms with Crippen LogP contribution in [0.15, 0.2) is 36.4 Å². The van der Waals surface area contributed by atoms with E-state index >= 15 is 0 Å². The van der Waals surface area contributed by atoms with Crippen molar-refractivity contribution in [3.63, 3.8) is 0 Å². The molecule has 0 aromatic heterocycles. The summed E-state index contributed by atoms with van der Waals surface area (Å²) in [5.41, 5.74) is 1.28. The Balaban J connectivity index is 2.67. The van der Waals surface area contributed by atoms with Gasteiger partial charge in [-0.15, -0.1) is 0 Å². The lowest BCUT2D eigenvalue weighted by Crippen LogP contribution is -1.86. The molecule has 2 rings (SSSR count). The number of rotatable bonds is 2. The van der Waals surface area contributed by atoms with Crippen molar-refractivity contribution in [1.82, 2.24) is 0 Å². The summed E-state index contributed by atoms with van der Waals surface area (Å²) in [6.45, 7) is 3.92. The molecule has 0 atom stereocenters. The molecule has 0 aliphatic heterocycles. The third-order valence-corrected chi connectivity index (χ3v) is 2.45. The lowest BCUT2D eigenvalue weighted by atomic mass is 10.0. The van der Waals surface area contributed by atoms with Crippen molar-refractivity contribution >= 4 is 10.8 Å². The van der Waals surface area contributed by atoms with E-state index < -0.39 is 0 Å². The molecule has 2 aromatic rings. The van der Waals surface area contributed by atoms with Gasteiger partial charge in [-0.1, -0.05) is 24.3 Å². The van der Waals surface area contributed by atoms with Gasteiger partial charge < -0.3 is 4.74 Å². The Labute approximate surface area is 84.3 Å². The standard InChI is InChI=1S/C13H13O/c1-3-10-5-4-6-11-9-12(14-2)7-8-13(10)11/h4-9H,1,3H2,2H3. The summed E-state index contributed by atoms with van der Waals surface area (Å²) in [5.74, 6) is 0.902. The van der Waals surface area contributed by atoms with Gasteiger partial charge in [0.05, 0.1) is 7.11 Å². The van der Waals surface area contributed by atoms with Gasteiger partial charge in [0.1, 0.15) is 5.75 Å². The molecule has 0 bridgehead atoms. The zero-order valence-corrected chi connectivity index (χ0v) is 8.29. The van der Waals surface area contributed by atoms with Crippen LogP contribution in [0.2, 0.25) is 0 Å². The number of hydrogen-bond donors (Lipinski definition) is 0. The molecular formula is C13H13O. The fraction of sp³-hybridized carbons (Fsp3) is 0.154. The third-order valence-electron chi connectivity index (χ3n) is 2.45. The summed E-state index contributed by atoms with van der Waals surface area (Å²) in [6.07, 6.45) is 0.823. The van der Waals surface area contributed by atoms with Crippen molar-refractivity contribution in [1.29, 1.82) is 0 Å². The minimum absolute atomic E-state index is 0.823. The lowest BCUT2D eigenvalue weighted by Gasteiger charge is -2.05. The Morgan fingerprint density at radius 3 is 2.79 bits per heavy atom. The van der Waals surface area contributed by atoms with E-state index in [2.05, 4.69) is 37.3 Å². The van der Waals surface area contributed by atoms with E-state index in [1.165, 1.54) is 16.3 Å². The maximum absolute atomic E-state index is 5.18. The molecule has 1 radical (unpaired) electrons. The summed E-state index contributed by atoms with van der Waals surface area (Å²) in [6, 6.07) is 12.4. The van der Waals surface area contributed by atoms with Crippen molar-refractivity contribution < 1.29 is 4.74 Å². The molecule has 0 heterocycles. The van der Waals surface area contributed by atoms with Gasteiger partial charge in [0.15, 0.2) is 0 Å². The average Bonchev–Trinajstić information content (AvgIpc) is 2.27. The first kappa shape index (κ1) is 9.07. The second-order valence-electron chi connectivity index (χ2n) is 3.25. The van der Waals surface area contributed by atoms with E-state index in [9.17, 15) is 0 Å². The van der Waals surface area contributed by atoms with E-state index in [4.69, 9.17) is 4.74 Å². The minimum atomic E-state index is 0.823. The average molecular weight is 185 g/mol. The Bertz CT molecular complexity index is 446. The van der Waals surface area contributed by atoms with Gasteiger partial charge in [0.2, 0.25) is 0 Å². The molecule has 0 saturated heterocycles. The number of benzene rings is 2. The summed E-state index contributed by atoms with van der Waals surface area (Å²) >= 11 is 0. The normalized spacial score (nSPS) is 10.4. The van der Waals surface area contributed by atoms with Crippen LogP contribution in [-0.2, 0) is 6.42 Å². The van der Waals surface area contributed by atoms with Crippen molar-refractivity contribution in [2.45, 2.75) is 6.42 Å². The number of hydrogen-bond acceptors (Lipinski definition) is 1. The van der Waals surface area contributed by atoms with Gasteiger partial charge in [-0.3, -0.25) is 0 Å². The number of ether oxygens (including phenoxy) is 1. The summed E-state index contributed by atoms with van der Waals surface area (Å²) in [7, 11) is 1.69. The highest BCUT2D eigenvalue weighted by atomic mass is 16.5. The molecule has 0 N–H and O–H groups in total. The third kappa shape index (κ3) is 1.46. The van der Waals surface area contributed by atoms with Crippen LogP contribution >= 0.6 is 0 Å². The molecule has 1 heteroatoms. The van der Waals surface area contributed by atoms with Crippen LogP contribution in [0, 0.1) is 6.92 Å². The smallest absolute Gasteiger partial charge is 0.119 e. The van der Waals surface area contributed by atoms with E-state index in [1.807, 2.05) is 6.07 Å². The van der Waals surface area contributed by atoms with Crippen molar-refractivity contribution in [3.8, 4) is 5.75 Å². The summed E-state index contributed by atoms with van der Waals surface area (Å²) in [4.78, 5) is 0. The van der Waals surface area contributed by atoms with E-state index in [0.29, 0.717) is 0 Å². The van der Waals surface area contributed by atoms with Crippen LogP contribution in [0.25, 0.3) is 10.8 Å². The van der Waals surface area contributed by atoms with Gasteiger partial charge in [0, 0.05) is 0 Å². The SMILES string of the molecule is [CH2]Cc1cccc2cc(OC)ccc12. The second-order valence-corrected chi connectivity index (χ2v) is 3.25. The molecule has 1 nitrogen and oxygen atoms in total. The fourth-order valence-electron chi connectivity index (χ4n) is 1.67. The maximum Gasteiger partial charge on any atom is 0.119 e. The van der Waals surface area contributed by atoms with Gasteiger partial charge >= 0.3 is 0 Å². The van der Waals surface area contributed by atoms with E-state index in [1.54, 1.807) is 7.11 Å². The van der Waals surface area contributed by atoms with E-state index in [-0.39, 0.29) is 0 Å². The topological polar surface area (TPSA) is 9.23 Å². The Morgan fingerprint density at radius 1 is 1.21 bits per heavy atom. The predicted octanol–water partition coefficient (Wildman–Crippen LogP) is 3.22. The van der Waals surface area contributed by atoms with Crippen LogP contribution in [0.1, 0.15) is 5.56 Å². The largest absolute Gasteiger partial charge is 0.497 e. The highest BCUT2D eigenvalue weighted by Gasteiger charge is 1.99. The van der Waals surface area contributed by atoms with Crippen molar-refractivity contribution in [2.75, 3.05) is 7.11 Å². The second kappa shape index (κ2) is 3.70. The van der Waals surface area contributed by atoms with Crippen LogP contribution < -0.4 is 4.74 Å². The van der Waals surface area contributed by atoms with Crippen molar-refractivity contribution in [3.05, 3.63) is 48.9 Å². The lowest BCUT2D eigenvalue weighted by molar-refractivity contribution is 0.415. The molecular weight excluding hydrogens is 172 g/mol. The highest BCUT2D eigenvalue weighted by molar-refractivity contribution is 5.87. The fourth-order valence-corrected chi connectivity index (χ4v) is 1.67. The molecule has 0 spiro atoms. The zero-order chi connectivity index (χ0) is 9.97. The molecule has 0 fully saturated rings. The number of methoxy groups -OCH3 is 1. The van der Waals surface area contributed by atoms with Crippen LogP contribution in [-0.4, -0.2) is 7.11 Å². The Kier molecular flexibility index (Phi) is 2.40.